The Hall–Kier alpha value is -0.683. The highest BCUT2D eigenvalue weighted by molar-refractivity contribution is 6.79. The summed E-state index contributed by atoms with van der Waals surface area (Å²) in [5.74, 6) is 0. The number of aliphatic hydroxyl groups excluding tert-OH is 1. The third-order valence-corrected chi connectivity index (χ3v) is 8.87. The first kappa shape index (κ1) is 18.7. The van der Waals surface area contributed by atoms with E-state index < -0.39 is 8.07 Å². The van der Waals surface area contributed by atoms with Crippen LogP contribution >= 0.6 is 0 Å². The molecule has 0 radical (unpaired) electrons. The van der Waals surface area contributed by atoms with E-state index in [1.54, 1.807) is 7.11 Å². The van der Waals surface area contributed by atoms with Gasteiger partial charge in [0, 0.05) is 13.2 Å². The highest BCUT2D eigenvalue weighted by atomic mass is 28.3. The van der Waals surface area contributed by atoms with Gasteiger partial charge in [-0.2, -0.15) is 0 Å². The lowest BCUT2D eigenvalue weighted by molar-refractivity contribution is 0.124. The maximum atomic E-state index is 10.0. The molecule has 1 fully saturated rings. The maximum absolute atomic E-state index is 10.0. The molecular formula is C19H33NO2Si. The Morgan fingerprint density at radius 3 is 2.61 bits per heavy atom. The van der Waals surface area contributed by atoms with E-state index in [1.807, 2.05) is 6.92 Å². The summed E-state index contributed by atoms with van der Waals surface area (Å²) in [5, 5.41) is 10.0. The van der Waals surface area contributed by atoms with Gasteiger partial charge in [0.2, 0.25) is 0 Å². The van der Waals surface area contributed by atoms with Gasteiger partial charge in [-0.25, -0.2) is 0 Å². The Kier molecular flexibility index (Phi) is 6.83. The number of ether oxygens (including phenoxy) is 1. The Bertz CT molecular complexity index is 464. The van der Waals surface area contributed by atoms with Crippen molar-refractivity contribution in [3.8, 4) is 0 Å². The normalized spacial score (nSPS) is 22.2. The van der Waals surface area contributed by atoms with E-state index in [1.165, 1.54) is 31.1 Å². The second kappa shape index (κ2) is 8.43. The summed E-state index contributed by atoms with van der Waals surface area (Å²) in [7, 11) is 0.243. The molecule has 0 spiro atoms. The van der Waals surface area contributed by atoms with Crippen LogP contribution in [0.15, 0.2) is 30.3 Å². The molecule has 3 nitrogen and oxygen atoms in total. The molecule has 2 rings (SSSR count). The van der Waals surface area contributed by atoms with Gasteiger partial charge in [-0.05, 0) is 50.0 Å². The summed E-state index contributed by atoms with van der Waals surface area (Å²) in [4.78, 5) is 2.65. The number of benzene rings is 1. The fraction of sp³-hybridized carbons (Fsp3) is 0.684. The molecule has 4 heteroatoms. The van der Waals surface area contributed by atoms with Gasteiger partial charge in [0.05, 0.1) is 20.8 Å². The molecule has 1 saturated heterocycles. The quantitative estimate of drug-likeness (QED) is 0.739. The lowest BCUT2D eigenvalue weighted by Crippen LogP contribution is -2.50. The number of rotatable bonds is 8. The van der Waals surface area contributed by atoms with Crippen LogP contribution < -0.4 is 0 Å². The molecule has 130 valence electrons. The van der Waals surface area contributed by atoms with Crippen LogP contribution in [0.1, 0.15) is 37.3 Å². The first-order chi connectivity index (χ1) is 10.9. The molecule has 0 saturated carbocycles. The lowest BCUT2D eigenvalue weighted by Gasteiger charge is -2.39. The zero-order valence-electron chi connectivity index (χ0n) is 15.2. The average Bonchev–Trinajstić information content (AvgIpc) is 2.92. The van der Waals surface area contributed by atoms with Gasteiger partial charge in [-0.15, -0.1) is 0 Å². The SMILES string of the molecule is COC[C@@H]1CCCN1C[Si](C)(C)[C@@H](C[C@H](C)O)c1ccccc1. The van der Waals surface area contributed by atoms with Crippen LogP contribution in [0.5, 0.6) is 0 Å². The smallest absolute Gasteiger partial charge is 0.0705 e. The zero-order valence-corrected chi connectivity index (χ0v) is 16.2. The number of aliphatic hydroxyl groups is 1. The number of hydrogen-bond donors (Lipinski definition) is 1. The monoisotopic (exact) mass is 335 g/mol. The molecule has 1 N–H and O–H groups in total. The summed E-state index contributed by atoms with van der Waals surface area (Å²) >= 11 is 0. The molecule has 1 heterocycles. The Morgan fingerprint density at radius 2 is 2.00 bits per heavy atom. The second-order valence-corrected chi connectivity index (χ2v) is 12.7. The van der Waals surface area contributed by atoms with Crippen LogP contribution in [-0.4, -0.2) is 56.7 Å². The molecule has 0 bridgehead atoms. The van der Waals surface area contributed by atoms with Crippen LogP contribution in [-0.2, 0) is 4.74 Å². The third-order valence-electron chi connectivity index (χ3n) is 5.19. The molecule has 3 atom stereocenters. The summed E-state index contributed by atoms with van der Waals surface area (Å²) in [5.41, 5.74) is 1.89. The van der Waals surface area contributed by atoms with Crippen LogP contribution in [0.4, 0.5) is 0 Å². The predicted molar refractivity (Wildman–Crippen MR) is 99.4 cm³/mol. The Balaban J connectivity index is 2.15. The number of nitrogens with zero attached hydrogens (tertiary/aromatic N) is 1. The average molecular weight is 336 g/mol. The Morgan fingerprint density at radius 1 is 1.30 bits per heavy atom. The van der Waals surface area contributed by atoms with Crippen molar-refractivity contribution >= 4 is 8.07 Å². The third kappa shape index (κ3) is 5.15. The lowest BCUT2D eigenvalue weighted by atomic mass is 10.1. The Labute approximate surface area is 142 Å². The number of methoxy groups -OCH3 is 1. The van der Waals surface area contributed by atoms with E-state index in [4.69, 9.17) is 4.74 Å². The van der Waals surface area contributed by atoms with E-state index in [0.29, 0.717) is 11.6 Å². The van der Waals surface area contributed by atoms with Crippen molar-refractivity contribution in [3.63, 3.8) is 0 Å². The molecule has 1 aliphatic heterocycles. The van der Waals surface area contributed by atoms with Gasteiger partial charge >= 0.3 is 0 Å². The van der Waals surface area contributed by atoms with Gasteiger partial charge in [0.25, 0.3) is 0 Å². The van der Waals surface area contributed by atoms with Crippen molar-refractivity contribution in [2.24, 2.45) is 0 Å². The number of hydrogen-bond acceptors (Lipinski definition) is 3. The molecule has 1 aromatic rings. The van der Waals surface area contributed by atoms with E-state index >= 15 is 0 Å². The molecule has 1 aromatic carbocycles. The first-order valence-corrected chi connectivity index (χ1v) is 12.2. The van der Waals surface area contributed by atoms with Crippen LogP contribution in [0.3, 0.4) is 0 Å². The summed E-state index contributed by atoms with van der Waals surface area (Å²) in [6, 6.07) is 11.4. The number of likely N-dealkylation sites (tertiary alicyclic amines) is 1. The van der Waals surface area contributed by atoms with Crippen LogP contribution in [0, 0.1) is 0 Å². The minimum Gasteiger partial charge on any atom is -0.393 e. The molecular weight excluding hydrogens is 302 g/mol. The highest BCUT2D eigenvalue weighted by Gasteiger charge is 2.38. The van der Waals surface area contributed by atoms with Gasteiger partial charge in [-0.1, -0.05) is 43.4 Å². The maximum Gasteiger partial charge on any atom is 0.0705 e. The minimum atomic E-state index is -1.56. The zero-order chi connectivity index (χ0) is 16.9. The molecule has 0 aromatic heterocycles. The largest absolute Gasteiger partial charge is 0.393 e. The second-order valence-electron chi connectivity index (χ2n) is 7.76. The van der Waals surface area contributed by atoms with Crippen LogP contribution in [0.2, 0.25) is 13.1 Å². The van der Waals surface area contributed by atoms with Crippen molar-refractivity contribution in [1.29, 1.82) is 0 Å². The van der Waals surface area contributed by atoms with Gasteiger partial charge in [0.15, 0.2) is 0 Å². The molecule has 1 aliphatic rings. The molecule has 0 amide bonds. The standard InChI is InChI=1S/C19H33NO2Si/c1-16(21)13-19(17-9-6-5-7-10-17)23(3,4)15-20-12-8-11-18(20)14-22-2/h5-7,9-10,16,18-19,21H,8,11-15H2,1-4H3/t16-,18-,19-/m0/s1. The predicted octanol–water partition coefficient (Wildman–Crippen LogP) is 3.44. The molecule has 0 unspecified atom stereocenters. The van der Waals surface area contributed by atoms with E-state index in [0.717, 1.165) is 13.0 Å². The van der Waals surface area contributed by atoms with Gasteiger partial charge in [-0.3, -0.25) is 0 Å². The van der Waals surface area contributed by atoms with Crippen molar-refractivity contribution < 1.29 is 9.84 Å². The first-order valence-electron chi connectivity index (χ1n) is 8.90. The van der Waals surface area contributed by atoms with Gasteiger partial charge < -0.3 is 14.7 Å². The fourth-order valence-corrected chi connectivity index (χ4v) is 7.81. The molecule has 0 aliphatic carbocycles. The van der Waals surface area contributed by atoms with Crippen molar-refractivity contribution in [2.45, 2.75) is 57.0 Å². The van der Waals surface area contributed by atoms with E-state index in [2.05, 4.69) is 48.3 Å². The van der Waals surface area contributed by atoms with Crippen molar-refractivity contribution in [3.05, 3.63) is 35.9 Å². The van der Waals surface area contributed by atoms with E-state index in [9.17, 15) is 5.11 Å². The van der Waals surface area contributed by atoms with Gasteiger partial charge in [0.1, 0.15) is 0 Å². The topological polar surface area (TPSA) is 32.7 Å². The summed E-state index contributed by atoms with van der Waals surface area (Å²) in [6.45, 7) is 8.92. The van der Waals surface area contributed by atoms with Crippen LogP contribution in [0.25, 0.3) is 0 Å². The van der Waals surface area contributed by atoms with E-state index in [-0.39, 0.29) is 6.10 Å². The summed E-state index contributed by atoms with van der Waals surface area (Å²) < 4.78 is 5.41. The fourth-order valence-electron chi connectivity index (χ4n) is 4.05. The van der Waals surface area contributed by atoms with Crippen molar-refractivity contribution in [2.75, 3.05) is 26.4 Å². The highest BCUT2D eigenvalue weighted by Crippen LogP contribution is 2.33. The van der Waals surface area contributed by atoms with Crippen molar-refractivity contribution in [1.82, 2.24) is 4.90 Å². The minimum absolute atomic E-state index is 0.250. The summed E-state index contributed by atoms with van der Waals surface area (Å²) in [6.07, 6.45) is 4.34. The molecule has 23 heavy (non-hydrogen) atoms.